The summed E-state index contributed by atoms with van der Waals surface area (Å²) in [5, 5.41) is 12.0. The summed E-state index contributed by atoms with van der Waals surface area (Å²) in [6, 6.07) is 17.7. The lowest BCUT2D eigenvalue weighted by atomic mass is 9.89. The number of rotatable bonds is 5. The van der Waals surface area contributed by atoms with E-state index in [1.807, 2.05) is 25.1 Å². The first-order valence-electron chi connectivity index (χ1n) is 12.5. The van der Waals surface area contributed by atoms with E-state index in [4.69, 9.17) is 4.42 Å². The van der Waals surface area contributed by atoms with Crippen molar-refractivity contribution < 1.29 is 18.8 Å². The van der Waals surface area contributed by atoms with Gasteiger partial charge in [0.15, 0.2) is 5.58 Å². The van der Waals surface area contributed by atoms with Crippen molar-refractivity contribution in [1.82, 2.24) is 0 Å². The second-order valence-electron chi connectivity index (χ2n) is 9.46. The molecule has 0 unspecified atom stereocenters. The number of likely N-dealkylation sites (tertiary alicyclic amines) is 1. The van der Waals surface area contributed by atoms with Crippen molar-refractivity contribution in [3.05, 3.63) is 99.2 Å². The normalized spacial score (nSPS) is 15.4. The zero-order valence-corrected chi connectivity index (χ0v) is 20.2. The van der Waals surface area contributed by atoms with Gasteiger partial charge in [-0.15, -0.1) is 0 Å². The molecule has 0 radical (unpaired) electrons. The van der Waals surface area contributed by atoms with Gasteiger partial charge < -0.3 is 14.4 Å². The minimum atomic E-state index is -0.354. The number of fused-ring (bicyclic) bond motifs is 1. The van der Waals surface area contributed by atoms with Gasteiger partial charge in [0.25, 0.3) is 0 Å². The van der Waals surface area contributed by atoms with Crippen LogP contribution in [0.1, 0.15) is 54.7 Å². The minimum absolute atomic E-state index is 0.148. The van der Waals surface area contributed by atoms with Crippen LogP contribution < -0.4 is 10.3 Å². The Kier molecular flexibility index (Phi) is 6.44. The van der Waals surface area contributed by atoms with Gasteiger partial charge in [-0.1, -0.05) is 49.4 Å². The molecule has 4 nitrogen and oxygen atoms in total. The number of aromatic hydroxyl groups is 1. The fourth-order valence-electron chi connectivity index (χ4n) is 5.55. The van der Waals surface area contributed by atoms with Crippen molar-refractivity contribution in [3.8, 4) is 16.9 Å². The lowest BCUT2D eigenvalue weighted by molar-refractivity contribution is -0.930. The fourth-order valence-corrected chi connectivity index (χ4v) is 5.55. The Hall–Kier alpha value is -3.44. The van der Waals surface area contributed by atoms with E-state index >= 15 is 0 Å². The van der Waals surface area contributed by atoms with E-state index in [-0.39, 0.29) is 23.0 Å². The van der Waals surface area contributed by atoms with Crippen LogP contribution in [0.2, 0.25) is 0 Å². The summed E-state index contributed by atoms with van der Waals surface area (Å²) in [7, 11) is 0. The molecule has 5 rings (SSSR count). The summed E-state index contributed by atoms with van der Waals surface area (Å²) < 4.78 is 19.9. The predicted molar refractivity (Wildman–Crippen MR) is 136 cm³/mol. The van der Waals surface area contributed by atoms with E-state index in [1.54, 1.807) is 25.1 Å². The Morgan fingerprint density at radius 2 is 1.71 bits per heavy atom. The van der Waals surface area contributed by atoms with Gasteiger partial charge in [0, 0.05) is 5.56 Å². The van der Waals surface area contributed by atoms with E-state index in [9.17, 15) is 14.3 Å². The summed E-state index contributed by atoms with van der Waals surface area (Å²) in [6.45, 7) is 5.73. The first-order valence-corrected chi connectivity index (χ1v) is 12.5. The van der Waals surface area contributed by atoms with Crippen LogP contribution >= 0.6 is 0 Å². The molecule has 2 heterocycles. The maximum Gasteiger partial charge on any atom is 0.200 e. The molecule has 1 aliphatic rings. The van der Waals surface area contributed by atoms with E-state index in [0.29, 0.717) is 39.8 Å². The number of halogens is 1. The minimum Gasteiger partial charge on any atom is -0.507 e. The number of hydrogen-bond acceptors (Lipinski definition) is 3. The molecule has 5 heteroatoms. The van der Waals surface area contributed by atoms with Crippen LogP contribution in [0.3, 0.4) is 0 Å². The highest BCUT2D eigenvalue weighted by molar-refractivity contribution is 5.88. The zero-order valence-electron chi connectivity index (χ0n) is 20.2. The Balaban J connectivity index is 1.82. The van der Waals surface area contributed by atoms with Crippen LogP contribution in [0.25, 0.3) is 22.1 Å². The van der Waals surface area contributed by atoms with Gasteiger partial charge in [0.1, 0.15) is 23.4 Å². The lowest BCUT2D eigenvalue weighted by Gasteiger charge is -2.33. The molecule has 4 aromatic rings. The maximum absolute atomic E-state index is 13.9. The third kappa shape index (κ3) is 4.25. The van der Waals surface area contributed by atoms with Crippen molar-refractivity contribution in [3.63, 3.8) is 0 Å². The van der Waals surface area contributed by atoms with Crippen LogP contribution in [0.4, 0.5) is 4.39 Å². The number of benzene rings is 3. The summed E-state index contributed by atoms with van der Waals surface area (Å²) in [4.78, 5) is 15.2. The average molecular weight is 473 g/mol. The molecule has 0 bridgehead atoms. The van der Waals surface area contributed by atoms with Crippen molar-refractivity contribution in [2.75, 3.05) is 13.1 Å². The first-order chi connectivity index (χ1) is 17.0. The van der Waals surface area contributed by atoms with Gasteiger partial charge in [-0.3, -0.25) is 4.79 Å². The molecule has 1 atom stereocenters. The van der Waals surface area contributed by atoms with Crippen LogP contribution in [0, 0.1) is 12.7 Å². The van der Waals surface area contributed by atoms with Gasteiger partial charge in [0.05, 0.1) is 29.6 Å². The molecule has 2 N–H and O–H groups in total. The molecule has 0 spiro atoms. The highest BCUT2D eigenvalue weighted by Gasteiger charge is 2.34. The van der Waals surface area contributed by atoms with E-state index in [2.05, 4.69) is 12.1 Å². The number of aryl methyl sites for hydroxylation is 2. The van der Waals surface area contributed by atoms with Crippen LogP contribution in [0.15, 0.2) is 69.9 Å². The summed E-state index contributed by atoms with van der Waals surface area (Å²) in [5.41, 5.74) is 3.84. The summed E-state index contributed by atoms with van der Waals surface area (Å²) >= 11 is 0. The molecular weight excluding hydrogens is 441 g/mol. The number of hydrogen-bond donors (Lipinski definition) is 2. The molecule has 35 heavy (non-hydrogen) atoms. The van der Waals surface area contributed by atoms with E-state index < -0.39 is 0 Å². The second-order valence-corrected chi connectivity index (χ2v) is 9.46. The maximum atomic E-state index is 13.9. The first kappa shape index (κ1) is 23.3. The Morgan fingerprint density at radius 1 is 1.03 bits per heavy atom. The number of phenols is 1. The van der Waals surface area contributed by atoms with Crippen LogP contribution in [-0.2, 0) is 6.42 Å². The monoisotopic (exact) mass is 472 g/mol. The van der Waals surface area contributed by atoms with Gasteiger partial charge in [-0.05, 0) is 61.9 Å². The highest BCUT2D eigenvalue weighted by atomic mass is 19.1. The van der Waals surface area contributed by atoms with E-state index in [1.165, 1.54) is 23.5 Å². The largest absolute Gasteiger partial charge is 0.507 e. The van der Waals surface area contributed by atoms with Gasteiger partial charge in [-0.25, -0.2) is 4.39 Å². The van der Waals surface area contributed by atoms with Crippen molar-refractivity contribution in [1.29, 1.82) is 0 Å². The fraction of sp³-hybridized carbons (Fsp3) is 0.300. The van der Waals surface area contributed by atoms with Crippen LogP contribution in [0.5, 0.6) is 5.75 Å². The van der Waals surface area contributed by atoms with Gasteiger partial charge in [0.2, 0.25) is 5.43 Å². The SMILES string of the molecule is CCc1cc2c(=O)c(-c3ccc(F)cc3)c(C)oc2c([C@@H](c2ccccc2)[NH+]2CCCCC2)c1O. The van der Waals surface area contributed by atoms with Crippen molar-refractivity contribution in [2.45, 2.75) is 45.6 Å². The second kappa shape index (κ2) is 9.67. The zero-order chi connectivity index (χ0) is 24.5. The average Bonchev–Trinajstić information content (AvgIpc) is 2.88. The molecule has 1 fully saturated rings. The quantitative estimate of drug-likeness (QED) is 0.413. The molecule has 1 aliphatic heterocycles. The standard InChI is InChI=1S/C30H30FNO3/c1-3-20-18-24-29(34)25(21-12-14-23(31)15-13-21)19(2)35-30(24)26(28(20)33)27(22-10-6-4-7-11-22)32-16-8-5-9-17-32/h4,6-7,10-15,18,27,33H,3,5,8-9,16-17H2,1-2H3/p+1/t27-/m1/s1. The molecule has 0 saturated carbocycles. The Bertz CT molecular complexity index is 1400. The smallest absolute Gasteiger partial charge is 0.200 e. The number of quaternary nitrogens is 1. The van der Waals surface area contributed by atoms with Crippen molar-refractivity contribution in [2.24, 2.45) is 0 Å². The summed E-state index contributed by atoms with van der Waals surface area (Å²) in [6.07, 6.45) is 4.05. The molecular formula is C30H31FNO3+. The topological polar surface area (TPSA) is 54.9 Å². The van der Waals surface area contributed by atoms with Gasteiger partial charge in [-0.2, -0.15) is 0 Å². The molecule has 1 aromatic heterocycles. The Morgan fingerprint density at radius 3 is 2.37 bits per heavy atom. The van der Waals surface area contributed by atoms with E-state index in [0.717, 1.165) is 37.1 Å². The number of piperidine rings is 1. The highest BCUT2D eigenvalue weighted by Crippen LogP contribution is 2.38. The lowest BCUT2D eigenvalue weighted by Crippen LogP contribution is -3.13. The van der Waals surface area contributed by atoms with Crippen LogP contribution in [-0.4, -0.2) is 18.2 Å². The Labute approximate surface area is 204 Å². The third-order valence-corrected chi connectivity index (χ3v) is 7.29. The number of nitrogens with one attached hydrogen (secondary N) is 1. The molecule has 0 aliphatic carbocycles. The molecule has 3 aromatic carbocycles. The predicted octanol–water partition coefficient (Wildman–Crippen LogP) is 5.33. The molecule has 0 amide bonds. The molecule has 180 valence electrons. The third-order valence-electron chi connectivity index (χ3n) is 7.29. The van der Waals surface area contributed by atoms with Gasteiger partial charge >= 0.3 is 0 Å². The molecule has 1 saturated heterocycles. The number of phenolic OH excluding ortho intramolecular Hbond substituents is 1. The summed E-state index contributed by atoms with van der Waals surface area (Å²) in [5.74, 6) is 0.315. The van der Waals surface area contributed by atoms with Crippen molar-refractivity contribution >= 4 is 11.0 Å².